The van der Waals surface area contributed by atoms with Crippen molar-refractivity contribution < 1.29 is 14.3 Å². The van der Waals surface area contributed by atoms with Crippen LogP contribution >= 0.6 is 11.3 Å². The molecule has 3 rings (SSSR count). The van der Waals surface area contributed by atoms with Crippen LogP contribution in [0.1, 0.15) is 0 Å². The summed E-state index contributed by atoms with van der Waals surface area (Å²) in [5.41, 5.74) is -0.261. The van der Waals surface area contributed by atoms with Gasteiger partial charge in [-0.2, -0.15) is 0 Å². The number of thiophene rings is 1. The number of esters is 1. The minimum Gasteiger partial charge on any atom is -0.493 e. The van der Waals surface area contributed by atoms with Crippen LogP contribution < -0.4 is 15.0 Å². The van der Waals surface area contributed by atoms with Crippen molar-refractivity contribution in [1.82, 2.24) is 9.55 Å². The molecule has 0 aliphatic heterocycles. The highest BCUT2D eigenvalue weighted by Gasteiger charge is 2.12. The van der Waals surface area contributed by atoms with E-state index in [0.29, 0.717) is 21.7 Å². The van der Waals surface area contributed by atoms with Crippen molar-refractivity contribution in [3.05, 3.63) is 52.4 Å². The number of aromatic nitrogens is 2. The number of benzene rings is 1. The summed E-state index contributed by atoms with van der Waals surface area (Å²) in [6.45, 7) is -0.213. The van der Waals surface area contributed by atoms with Crippen molar-refractivity contribution in [2.45, 2.75) is 6.54 Å². The molecule has 0 fully saturated rings. The van der Waals surface area contributed by atoms with Crippen molar-refractivity contribution in [1.29, 1.82) is 0 Å². The van der Waals surface area contributed by atoms with Gasteiger partial charge in [0.15, 0.2) is 11.5 Å². The molecule has 0 spiro atoms. The van der Waals surface area contributed by atoms with Crippen molar-refractivity contribution in [2.75, 3.05) is 7.11 Å². The van der Waals surface area contributed by atoms with Crippen LogP contribution in [-0.2, 0) is 11.3 Å². The maximum Gasteiger partial charge on any atom is 0.331 e. The zero-order valence-corrected chi connectivity index (χ0v) is 12.5. The molecule has 0 aliphatic carbocycles. The molecule has 0 unspecified atom stereocenters. The molecule has 112 valence electrons. The van der Waals surface area contributed by atoms with E-state index in [0.717, 1.165) is 0 Å². The second kappa shape index (κ2) is 5.98. The van der Waals surface area contributed by atoms with Crippen LogP contribution in [0.3, 0.4) is 0 Å². The monoisotopic (exact) mass is 316 g/mol. The molecule has 0 amide bonds. The predicted molar refractivity (Wildman–Crippen MR) is 82.5 cm³/mol. The Balaban J connectivity index is 1.81. The summed E-state index contributed by atoms with van der Waals surface area (Å²) >= 11 is 1.38. The highest BCUT2D eigenvalue weighted by Crippen LogP contribution is 2.25. The van der Waals surface area contributed by atoms with Crippen LogP contribution in [0, 0.1) is 0 Å². The fraction of sp³-hybridized carbons (Fsp3) is 0.133. The lowest BCUT2D eigenvalue weighted by atomic mass is 10.3. The molecule has 7 heteroatoms. The van der Waals surface area contributed by atoms with Crippen molar-refractivity contribution in [2.24, 2.45) is 0 Å². The van der Waals surface area contributed by atoms with Crippen LogP contribution in [0.25, 0.3) is 10.2 Å². The number of carbonyl (C=O) groups excluding carboxylic acids is 1. The van der Waals surface area contributed by atoms with Gasteiger partial charge >= 0.3 is 5.97 Å². The van der Waals surface area contributed by atoms with Crippen LogP contribution in [0.4, 0.5) is 0 Å². The van der Waals surface area contributed by atoms with E-state index in [1.807, 2.05) is 0 Å². The lowest BCUT2D eigenvalue weighted by Crippen LogP contribution is -2.26. The van der Waals surface area contributed by atoms with Gasteiger partial charge in [-0.1, -0.05) is 12.1 Å². The first-order valence-electron chi connectivity index (χ1n) is 6.45. The van der Waals surface area contributed by atoms with Crippen LogP contribution in [0.2, 0.25) is 0 Å². The third-order valence-corrected chi connectivity index (χ3v) is 3.86. The summed E-state index contributed by atoms with van der Waals surface area (Å²) in [6.07, 6.45) is 1.35. The fourth-order valence-electron chi connectivity index (χ4n) is 2.00. The molecular formula is C15H12N2O4S. The Hall–Kier alpha value is -2.67. The zero-order valence-electron chi connectivity index (χ0n) is 11.7. The van der Waals surface area contributed by atoms with Crippen LogP contribution in [-0.4, -0.2) is 22.6 Å². The van der Waals surface area contributed by atoms with Gasteiger partial charge in [0.05, 0.1) is 18.8 Å². The molecule has 6 nitrogen and oxygen atoms in total. The molecule has 0 N–H and O–H groups in total. The largest absolute Gasteiger partial charge is 0.493 e. The number of nitrogens with zero attached hydrogens (tertiary/aromatic N) is 2. The van der Waals surface area contributed by atoms with Gasteiger partial charge < -0.3 is 9.47 Å². The average molecular weight is 316 g/mol. The number of hydrogen-bond donors (Lipinski definition) is 0. The number of hydrogen-bond acceptors (Lipinski definition) is 6. The summed E-state index contributed by atoms with van der Waals surface area (Å²) in [5, 5.41) is 2.29. The van der Waals surface area contributed by atoms with Gasteiger partial charge in [-0.25, -0.2) is 9.78 Å². The van der Waals surface area contributed by atoms with Gasteiger partial charge in [-0.05, 0) is 23.6 Å². The summed E-state index contributed by atoms with van der Waals surface area (Å²) < 4.78 is 11.6. The smallest absolute Gasteiger partial charge is 0.331 e. The molecule has 0 atom stereocenters. The number of rotatable bonds is 4. The molecule has 22 heavy (non-hydrogen) atoms. The van der Waals surface area contributed by atoms with E-state index in [2.05, 4.69) is 4.98 Å². The average Bonchev–Trinajstić information content (AvgIpc) is 3.00. The van der Waals surface area contributed by atoms with Crippen molar-refractivity contribution in [3.8, 4) is 11.5 Å². The maximum absolute atomic E-state index is 12.2. The molecule has 3 aromatic rings. The third-order valence-electron chi connectivity index (χ3n) is 3.04. The quantitative estimate of drug-likeness (QED) is 0.544. The van der Waals surface area contributed by atoms with E-state index < -0.39 is 5.97 Å². The number of para-hydroxylation sites is 2. The van der Waals surface area contributed by atoms with E-state index in [4.69, 9.17) is 9.47 Å². The lowest BCUT2D eigenvalue weighted by Gasteiger charge is -2.09. The lowest BCUT2D eigenvalue weighted by molar-refractivity contribution is -0.135. The molecule has 0 saturated carbocycles. The number of ether oxygens (including phenoxy) is 2. The zero-order chi connectivity index (χ0) is 15.5. The second-order valence-corrected chi connectivity index (χ2v) is 5.34. The first-order valence-corrected chi connectivity index (χ1v) is 7.33. The predicted octanol–water partition coefficient (Wildman–Crippen LogP) is 2.07. The molecule has 2 aromatic heterocycles. The Labute approximate surface area is 129 Å². The van der Waals surface area contributed by atoms with Gasteiger partial charge in [-0.3, -0.25) is 9.36 Å². The van der Waals surface area contributed by atoms with Gasteiger partial charge in [0.25, 0.3) is 5.56 Å². The van der Waals surface area contributed by atoms with Crippen molar-refractivity contribution >= 4 is 27.5 Å². The van der Waals surface area contributed by atoms with Gasteiger partial charge in [0.1, 0.15) is 11.4 Å². The molecule has 0 aliphatic rings. The molecule has 1 aromatic carbocycles. The summed E-state index contributed by atoms with van der Waals surface area (Å²) in [4.78, 5) is 29.0. The first kappa shape index (κ1) is 14.3. The maximum atomic E-state index is 12.2. The Morgan fingerprint density at radius 2 is 2.05 bits per heavy atom. The highest BCUT2D eigenvalue weighted by atomic mass is 32.1. The van der Waals surface area contributed by atoms with Gasteiger partial charge in [0.2, 0.25) is 0 Å². The van der Waals surface area contributed by atoms with Crippen LogP contribution in [0.15, 0.2) is 46.8 Å². The van der Waals surface area contributed by atoms with E-state index in [9.17, 15) is 9.59 Å². The number of methoxy groups -OCH3 is 1. The summed E-state index contributed by atoms with van der Waals surface area (Å²) in [7, 11) is 1.49. The van der Waals surface area contributed by atoms with Crippen molar-refractivity contribution in [3.63, 3.8) is 0 Å². The minimum absolute atomic E-state index is 0.213. The van der Waals surface area contributed by atoms with E-state index in [1.54, 1.807) is 35.7 Å². The Bertz CT molecular complexity index is 884. The normalized spacial score (nSPS) is 10.6. The highest BCUT2D eigenvalue weighted by molar-refractivity contribution is 7.16. The number of carbonyl (C=O) groups is 1. The molecule has 0 saturated heterocycles. The topological polar surface area (TPSA) is 70.4 Å². The first-order chi connectivity index (χ1) is 10.7. The van der Waals surface area contributed by atoms with E-state index in [-0.39, 0.29) is 12.1 Å². The summed E-state index contributed by atoms with van der Waals surface area (Å²) in [6, 6.07) is 8.51. The molecule has 2 heterocycles. The van der Waals surface area contributed by atoms with E-state index in [1.165, 1.54) is 29.3 Å². The second-order valence-electron chi connectivity index (χ2n) is 4.44. The third kappa shape index (κ3) is 2.71. The Kier molecular flexibility index (Phi) is 3.88. The minimum atomic E-state index is -0.567. The number of fused-ring (bicyclic) bond motifs is 1. The fourth-order valence-corrected chi connectivity index (χ4v) is 2.73. The molecule has 0 radical (unpaired) electrons. The van der Waals surface area contributed by atoms with Crippen LogP contribution in [0.5, 0.6) is 11.5 Å². The Morgan fingerprint density at radius 1 is 1.27 bits per heavy atom. The summed E-state index contributed by atoms with van der Waals surface area (Å²) in [5.74, 6) is 0.199. The Morgan fingerprint density at radius 3 is 2.82 bits per heavy atom. The molecule has 0 bridgehead atoms. The van der Waals surface area contributed by atoms with Gasteiger partial charge in [0, 0.05) is 0 Å². The standard InChI is InChI=1S/C15H12N2O4S/c1-20-11-4-2-3-5-12(11)21-13(18)8-17-9-16-14-10(15(17)19)6-7-22-14/h2-7,9H,8H2,1H3. The van der Waals surface area contributed by atoms with Gasteiger partial charge in [-0.15, -0.1) is 11.3 Å². The SMILES string of the molecule is COc1ccccc1OC(=O)Cn1cnc2sccc2c1=O. The molecular weight excluding hydrogens is 304 g/mol. The van der Waals surface area contributed by atoms with E-state index >= 15 is 0 Å².